The molecule has 3 aliphatic rings. The summed E-state index contributed by atoms with van der Waals surface area (Å²) in [6.07, 6.45) is -6.76. The minimum absolute atomic E-state index is 0.0858. The number of hydrogen-bond donors (Lipinski definition) is 3. The predicted molar refractivity (Wildman–Crippen MR) is 109 cm³/mol. The Morgan fingerprint density at radius 2 is 1.80 bits per heavy atom. The summed E-state index contributed by atoms with van der Waals surface area (Å²) in [5, 5.41) is 19.5. The average Bonchev–Trinajstić information content (AvgIpc) is 3.30. The molecule has 35 heavy (non-hydrogen) atoms. The molecule has 3 aliphatic carbocycles. The van der Waals surface area contributed by atoms with E-state index >= 15 is 0 Å². The lowest BCUT2D eigenvalue weighted by Crippen LogP contribution is -2.70. The first-order valence-corrected chi connectivity index (χ1v) is 10.8. The topological polar surface area (TPSA) is 114 Å². The molecule has 2 aromatic rings. The first-order valence-electron chi connectivity index (χ1n) is 10.8. The summed E-state index contributed by atoms with van der Waals surface area (Å²) in [7, 11) is 0. The fraction of sp³-hybridized carbons (Fsp3) is 0.500. The molecule has 13 heteroatoms. The van der Waals surface area contributed by atoms with Crippen molar-refractivity contribution in [2.75, 3.05) is 6.61 Å². The number of halogens is 5. The molecule has 5 rings (SSSR count). The summed E-state index contributed by atoms with van der Waals surface area (Å²) < 4.78 is 73.3. The summed E-state index contributed by atoms with van der Waals surface area (Å²) >= 11 is 0. The minimum Gasteiger partial charge on any atom is -0.484 e. The molecule has 1 heterocycles. The van der Waals surface area contributed by atoms with Gasteiger partial charge in [-0.05, 0) is 56.4 Å². The highest BCUT2D eigenvalue weighted by Crippen LogP contribution is 2.47. The van der Waals surface area contributed by atoms with Crippen LogP contribution in [-0.4, -0.2) is 45.9 Å². The Hall–Kier alpha value is -3.22. The van der Waals surface area contributed by atoms with Crippen LogP contribution >= 0.6 is 0 Å². The zero-order chi connectivity index (χ0) is 25.4. The molecule has 1 aromatic heterocycles. The van der Waals surface area contributed by atoms with E-state index in [1.807, 2.05) is 0 Å². The van der Waals surface area contributed by atoms with Gasteiger partial charge in [0, 0.05) is 11.6 Å². The number of carbonyl (C=O) groups is 2. The Labute approximate surface area is 195 Å². The Kier molecular flexibility index (Phi) is 6.47. The van der Waals surface area contributed by atoms with Gasteiger partial charge in [0.05, 0.1) is 17.2 Å². The first-order chi connectivity index (χ1) is 16.4. The van der Waals surface area contributed by atoms with Gasteiger partial charge in [-0.3, -0.25) is 9.59 Å². The zero-order valence-electron chi connectivity index (χ0n) is 18.2. The lowest BCUT2D eigenvalue weighted by Gasteiger charge is -2.56. The normalized spacial score (nSPS) is 26.0. The Morgan fingerprint density at radius 3 is 2.34 bits per heavy atom. The van der Waals surface area contributed by atoms with Crippen LogP contribution in [0.3, 0.4) is 0 Å². The van der Waals surface area contributed by atoms with Crippen LogP contribution in [0.2, 0.25) is 0 Å². The molecular formula is C22H22F5N3O5. The molecule has 2 amide bonds. The number of hydrogen-bond acceptors (Lipinski definition) is 6. The van der Waals surface area contributed by atoms with Crippen molar-refractivity contribution in [3.63, 3.8) is 0 Å². The summed E-state index contributed by atoms with van der Waals surface area (Å²) in [5.41, 5.74) is -3.23. The number of aromatic nitrogens is 1. The number of aliphatic hydroxyl groups is 1. The number of carbonyl (C=O) groups excluding carboxylic acids is 2. The molecule has 0 spiro atoms. The monoisotopic (exact) mass is 503 g/mol. The SMILES string of the molecule is O=C(COc1ccc(C(F)(F)F)cc1)NC12CCC(NC(=O)c3cc(C(F)F)no3)(CC1)C[C@@H]2O. The van der Waals surface area contributed by atoms with Crippen LogP contribution in [-0.2, 0) is 11.0 Å². The fourth-order valence-corrected chi connectivity index (χ4v) is 4.67. The van der Waals surface area contributed by atoms with E-state index < -0.39 is 59.5 Å². The molecule has 0 aliphatic heterocycles. The molecule has 3 saturated carbocycles. The third kappa shape index (κ3) is 5.24. The summed E-state index contributed by atoms with van der Waals surface area (Å²) in [6.45, 7) is -0.459. The number of amides is 2. The summed E-state index contributed by atoms with van der Waals surface area (Å²) in [5.74, 6) is -1.55. The largest absolute Gasteiger partial charge is 0.484 e. The van der Waals surface area contributed by atoms with Gasteiger partial charge in [0.25, 0.3) is 18.2 Å². The number of benzene rings is 1. The molecule has 0 radical (unpaired) electrons. The molecule has 3 N–H and O–H groups in total. The van der Waals surface area contributed by atoms with Gasteiger partial charge in [-0.2, -0.15) is 13.2 Å². The van der Waals surface area contributed by atoms with Gasteiger partial charge in [0.2, 0.25) is 5.76 Å². The van der Waals surface area contributed by atoms with Crippen molar-refractivity contribution < 1.29 is 45.9 Å². The standard InChI is InChI=1S/C22H22F5N3O5/c23-18(24)14-9-15(35-30-14)19(33)29-20-5-7-21(8-6-20,16(31)10-20)28-17(32)11-34-13-3-1-12(2-4-13)22(25,26)27/h1-4,9,16,18,31H,5-8,10-11H2,(H,28,32)(H,29,33)/t16-,20?,21?/m0/s1. The second-order valence-corrected chi connectivity index (χ2v) is 8.89. The molecular weight excluding hydrogens is 481 g/mol. The van der Waals surface area contributed by atoms with Crippen molar-refractivity contribution >= 4 is 11.8 Å². The third-order valence-corrected chi connectivity index (χ3v) is 6.62. The van der Waals surface area contributed by atoms with E-state index in [0.29, 0.717) is 25.7 Å². The molecule has 190 valence electrons. The highest BCUT2D eigenvalue weighted by molar-refractivity contribution is 5.92. The van der Waals surface area contributed by atoms with E-state index in [0.717, 1.165) is 30.3 Å². The van der Waals surface area contributed by atoms with E-state index in [1.54, 1.807) is 0 Å². The zero-order valence-corrected chi connectivity index (χ0v) is 18.2. The number of aliphatic hydroxyl groups excluding tert-OH is 1. The predicted octanol–water partition coefficient (Wildman–Crippen LogP) is 3.37. The molecule has 8 nitrogen and oxygen atoms in total. The van der Waals surface area contributed by atoms with Crippen LogP contribution in [0.5, 0.6) is 5.75 Å². The van der Waals surface area contributed by atoms with Crippen LogP contribution in [0.25, 0.3) is 0 Å². The highest BCUT2D eigenvalue weighted by atomic mass is 19.4. The Balaban J connectivity index is 1.31. The van der Waals surface area contributed by atoms with E-state index in [-0.39, 0.29) is 17.9 Å². The Bertz CT molecular complexity index is 1080. The van der Waals surface area contributed by atoms with E-state index in [9.17, 15) is 36.6 Å². The maximum absolute atomic E-state index is 12.7. The summed E-state index contributed by atoms with van der Waals surface area (Å²) in [4.78, 5) is 24.9. The van der Waals surface area contributed by atoms with Crippen LogP contribution in [0.4, 0.5) is 22.0 Å². The van der Waals surface area contributed by atoms with E-state index in [2.05, 4.69) is 20.3 Å². The third-order valence-electron chi connectivity index (χ3n) is 6.62. The molecule has 0 saturated heterocycles. The van der Waals surface area contributed by atoms with Gasteiger partial charge in [-0.15, -0.1) is 0 Å². The van der Waals surface area contributed by atoms with E-state index in [1.165, 1.54) is 0 Å². The molecule has 2 bridgehead atoms. The number of ether oxygens (including phenoxy) is 1. The van der Waals surface area contributed by atoms with E-state index in [4.69, 9.17) is 4.74 Å². The number of fused-ring (bicyclic) bond motifs is 3. The lowest BCUT2D eigenvalue weighted by atomic mass is 9.60. The molecule has 0 unspecified atom stereocenters. The maximum atomic E-state index is 12.7. The van der Waals surface area contributed by atoms with Crippen molar-refractivity contribution in [3.05, 3.63) is 47.3 Å². The number of rotatable bonds is 7. The molecule has 3 fully saturated rings. The Morgan fingerprint density at radius 1 is 1.14 bits per heavy atom. The van der Waals surface area contributed by atoms with Gasteiger partial charge in [0.15, 0.2) is 12.3 Å². The average molecular weight is 503 g/mol. The molecule has 1 atom stereocenters. The van der Waals surface area contributed by atoms with Crippen LogP contribution in [0, 0.1) is 0 Å². The van der Waals surface area contributed by atoms with Gasteiger partial charge in [-0.25, -0.2) is 8.78 Å². The lowest BCUT2D eigenvalue weighted by molar-refractivity contribution is -0.137. The van der Waals surface area contributed by atoms with Crippen molar-refractivity contribution in [2.24, 2.45) is 0 Å². The number of nitrogens with one attached hydrogen (secondary N) is 2. The fourth-order valence-electron chi connectivity index (χ4n) is 4.67. The quantitative estimate of drug-likeness (QED) is 0.500. The van der Waals surface area contributed by atoms with Gasteiger partial charge < -0.3 is 25.0 Å². The molecule has 1 aromatic carbocycles. The first kappa shape index (κ1) is 24.9. The number of nitrogens with zero attached hydrogens (tertiary/aromatic N) is 1. The van der Waals surface area contributed by atoms with Gasteiger partial charge in [-0.1, -0.05) is 5.16 Å². The smallest absolute Gasteiger partial charge is 0.416 e. The van der Waals surface area contributed by atoms with Crippen molar-refractivity contribution in [1.29, 1.82) is 0 Å². The summed E-state index contributed by atoms with van der Waals surface area (Å²) in [6, 6.07) is 4.78. The van der Waals surface area contributed by atoms with Crippen LogP contribution in [0.1, 0.15) is 60.3 Å². The van der Waals surface area contributed by atoms with Gasteiger partial charge in [0.1, 0.15) is 5.75 Å². The van der Waals surface area contributed by atoms with Crippen molar-refractivity contribution in [3.8, 4) is 5.75 Å². The van der Waals surface area contributed by atoms with Crippen molar-refractivity contribution in [1.82, 2.24) is 15.8 Å². The highest BCUT2D eigenvalue weighted by Gasteiger charge is 2.55. The number of alkyl halides is 5. The minimum atomic E-state index is -4.48. The van der Waals surface area contributed by atoms with Gasteiger partial charge >= 0.3 is 6.18 Å². The maximum Gasteiger partial charge on any atom is 0.416 e. The van der Waals surface area contributed by atoms with Crippen molar-refractivity contribution in [2.45, 2.75) is 61.9 Å². The van der Waals surface area contributed by atoms with Crippen LogP contribution < -0.4 is 15.4 Å². The van der Waals surface area contributed by atoms with Crippen LogP contribution in [0.15, 0.2) is 34.9 Å². The second kappa shape index (κ2) is 9.10. The second-order valence-electron chi connectivity index (χ2n) is 8.89.